The molecule has 1 aromatic heterocycles. The molecule has 0 aliphatic heterocycles. The van der Waals surface area contributed by atoms with Crippen LogP contribution in [0.25, 0.3) is 10.9 Å². The summed E-state index contributed by atoms with van der Waals surface area (Å²) in [5, 5.41) is 0.375. The molecule has 18 heavy (non-hydrogen) atoms. The molecule has 0 bridgehead atoms. The van der Waals surface area contributed by atoms with Gasteiger partial charge in [0.25, 0.3) is 0 Å². The minimum Gasteiger partial charge on any atom is -0.465 e. The zero-order chi connectivity index (χ0) is 13.5. The number of rotatable bonds is 1. The van der Waals surface area contributed by atoms with Crippen LogP contribution < -0.4 is 0 Å². The van der Waals surface area contributed by atoms with Gasteiger partial charge in [0.2, 0.25) is 0 Å². The zero-order valence-electron chi connectivity index (χ0n) is 9.08. The van der Waals surface area contributed by atoms with E-state index in [1.807, 2.05) is 0 Å². The van der Waals surface area contributed by atoms with Gasteiger partial charge in [-0.2, -0.15) is 0 Å². The molecular weight excluding hydrogens is 315 g/mol. The van der Waals surface area contributed by atoms with Crippen LogP contribution in [-0.2, 0) is 11.0 Å². The molecule has 1 heterocycles. The van der Waals surface area contributed by atoms with E-state index in [9.17, 15) is 18.0 Å². The highest BCUT2D eigenvalue weighted by atomic mass is 79.9. The number of carbonyl (C=O) groups excluding carboxylic acids is 1. The molecule has 1 aromatic carbocycles. The average Bonchev–Trinajstić information content (AvgIpc) is 2.71. The first kappa shape index (κ1) is 12.9. The summed E-state index contributed by atoms with van der Waals surface area (Å²) in [6.45, 7) is 0. The standard InChI is InChI=1S/C11H7BrF3NO2/c1-18-10(17)6-4-8(12)7-2-3-16(9(7)5-6)11(13,14)15/h2-5H,1H3. The summed E-state index contributed by atoms with van der Waals surface area (Å²) in [4.78, 5) is 11.4. The number of ether oxygens (including phenoxy) is 1. The molecule has 96 valence electrons. The highest BCUT2D eigenvalue weighted by Crippen LogP contribution is 2.33. The molecule has 0 unspecified atom stereocenters. The largest absolute Gasteiger partial charge is 0.488 e. The lowest BCUT2D eigenvalue weighted by molar-refractivity contribution is -0.200. The summed E-state index contributed by atoms with van der Waals surface area (Å²) < 4.78 is 43.2. The van der Waals surface area contributed by atoms with Crippen molar-refractivity contribution in [2.75, 3.05) is 7.11 Å². The summed E-state index contributed by atoms with van der Waals surface area (Å²) in [7, 11) is 1.17. The third-order valence-corrected chi connectivity index (χ3v) is 3.11. The van der Waals surface area contributed by atoms with Crippen LogP contribution in [0.1, 0.15) is 10.4 Å². The summed E-state index contributed by atoms with van der Waals surface area (Å²) in [6.07, 6.45) is -3.62. The van der Waals surface area contributed by atoms with E-state index in [-0.39, 0.29) is 15.6 Å². The van der Waals surface area contributed by atoms with Crippen molar-refractivity contribution in [3.63, 3.8) is 0 Å². The van der Waals surface area contributed by atoms with E-state index < -0.39 is 12.3 Å². The van der Waals surface area contributed by atoms with Gasteiger partial charge in [-0.1, -0.05) is 15.9 Å². The molecule has 0 atom stereocenters. The maximum atomic E-state index is 12.7. The Morgan fingerprint density at radius 2 is 2.06 bits per heavy atom. The van der Waals surface area contributed by atoms with Crippen LogP contribution in [0, 0.1) is 0 Å². The first-order chi connectivity index (χ1) is 8.34. The third kappa shape index (κ3) is 2.10. The normalized spacial score (nSPS) is 11.8. The Bertz CT molecular complexity index is 619. The molecule has 0 saturated carbocycles. The molecule has 3 nitrogen and oxygen atoms in total. The van der Waals surface area contributed by atoms with E-state index in [0.717, 1.165) is 12.3 Å². The fourth-order valence-corrected chi connectivity index (χ4v) is 2.24. The second-order valence-corrected chi connectivity index (χ2v) is 4.39. The SMILES string of the molecule is COC(=O)c1cc(Br)c2ccn(C(F)(F)F)c2c1. The second-order valence-electron chi connectivity index (χ2n) is 3.54. The Morgan fingerprint density at radius 1 is 1.39 bits per heavy atom. The van der Waals surface area contributed by atoms with E-state index in [1.54, 1.807) is 0 Å². The number of hydrogen-bond acceptors (Lipinski definition) is 2. The van der Waals surface area contributed by atoms with Crippen molar-refractivity contribution >= 4 is 32.8 Å². The van der Waals surface area contributed by atoms with Crippen molar-refractivity contribution in [3.8, 4) is 0 Å². The van der Waals surface area contributed by atoms with Crippen molar-refractivity contribution in [2.45, 2.75) is 6.30 Å². The lowest BCUT2D eigenvalue weighted by Gasteiger charge is -2.10. The quantitative estimate of drug-likeness (QED) is 0.750. The minimum absolute atomic E-state index is 0.0566. The lowest BCUT2D eigenvalue weighted by atomic mass is 10.1. The summed E-state index contributed by atoms with van der Waals surface area (Å²) >= 11 is 3.14. The number of hydrogen-bond donors (Lipinski definition) is 0. The van der Waals surface area contributed by atoms with Gasteiger partial charge in [-0.15, -0.1) is 13.2 Å². The van der Waals surface area contributed by atoms with Gasteiger partial charge in [-0.25, -0.2) is 4.79 Å². The Labute approximate surface area is 108 Å². The van der Waals surface area contributed by atoms with Gasteiger partial charge in [0.15, 0.2) is 0 Å². The van der Waals surface area contributed by atoms with E-state index in [1.165, 1.54) is 19.2 Å². The van der Waals surface area contributed by atoms with Gasteiger partial charge < -0.3 is 4.74 Å². The van der Waals surface area contributed by atoms with E-state index in [2.05, 4.69) is 20.7 Å². The van der Waals surface area contributed by atoms with Gasteiger partial charge in [0.05, 0.1) is 18.2 Å². The number of esters is 1. The number of alkyl halides is 3. The molecule has 0 aliphatic rings. The zero-order valence-corrected chi connectivity index (χ0v) is 10.7. The monoisotopic (exact) mass is 321 g/mol. The molecule has 0 amide bonds. The van der Waals surface area contributed by atoms with Gasteiger partial charge >= 0.3 is 12.3 Å². The van der Waals surface area contributed by atoms with Gasteiger partial charge in [0.1, 0.15) is 0 Å². The molecule has 2 aromatic rings. The Hall–Kier alpha value is -1.50. The van der Waals surface area contributed by atoms with Gasteiger partial charge in [-0.05, 0) is 18.2 Å². The molecule has 0 fully saturated rings. The summed E-state index contributed by atoms with van der Waals surface area (Å²) in [6, 6.07) is 3.91. The third-order valence-electron chi connectivity index (χ3n) is 2.45. The van der Waals surface area contributed by atoms with Crippen LogP contribution in [0.4, 0.5) is 13.2 Å². The predicted molar refractivity (Wildman–Crippen MR) is 62.3 cm³/mol. The van der Waals surface area contributed by atoms with E-state index in [4.69, 9.17) is 0 Å². The summed E-state index contributed by atoms with van der Waals surface area (Å²) in [5.74, 6) is -0.687. The van der Waals surface area contributed by atoms with Crippen LogP contribution in [0.15, 0.2) is 28.9 Å². The Kier molecular flexibility index (Phi) is 3.10. The summed E-state index contributed by atoms with van der Waals surface area (Å²) in [5.41, 5.74) is -0.0432. The number of aromatic nitrogens is 1. The van der Waals surface area contributed by atoms with E-state index in [0.29, 0.717) is 9.86 Å². The first-order valence-corrected chi connectivity index (χ1v) is 5.60. The molecule has 0 N–H and O–H groups in total. The number of benzene rings is 1. The van der Waals surface area contributed by atoms with Crippen LogP contribution in [0.5, 0.6) is 0 Å². The maximum Gasteiger partial charge on any atom is 0.488 e. The highest BCUT2D eigenvalue weighted by Gasteiger charge is 2.32. The fourth-order valence-electron chi connectivity index (χ4n) is 1.65. The molecule has 0 radical (unpaired) electrons. The lowest BCUT2D eigenvalue weighted by Crippen LogP contribution is -2.15. The van der Waals surface area contributed by atoms with E-state index >= 15 is 0 Å². The van der Waals surface area contributed by atoms with Crippen molar-refractivity contribution in [2.24, 2.45) is 0 Å². The molecular formula is C11H7BrF3NO2. The van der Waals surface area contributed by atoms with Crippen molar-refractivity contribution in [3.05, 3.63) is 34.4 Å². The first-order valence-electron chi connectivity index (χ1n) is 4.80. The molecule has 0 saturated heterocycles. The van der Waals surface area contributed by atoms with Crippen molar-refractivity contribution in [1.82, 2.24) is 4.57 Å². The minimum atomic E-state index is -4.53. The second kappa shape index (κ2) is 4.31. The number of methoxy groups -OCH3 is 1. The van der Waals surface area contributed by atoms with Gasteiger partial charge in [0, 0.05) is 16.1 Å². The topological polar surface area (TPSA) is 31.2 Å². The number of nitrogens with zero attached hydrogens (tertiary/aromatic N) is 1. The molecule has 0 aliphatic carbocycles. The maximum absolute atomic E-state index is 12.7. The van der Waals surface area contributed by atoms with Crippen LogP contribution in [0.2, 0.25) is 0 Å². The number of halogens is 4. The smallest absolute Gasteiger partial charge is 0.465 e. The fraction of sp³-hybridized carbons (Fsp3) is 0.182. The van der Waals surface area contributed by atoms with Crippen LogP contribution in [-0.4, -0.2) is 17.6 Å². The Balaban J connectivity index is 2.72. The predicted octanol–water partition coefficient (Wildman–Crippen LogP) is 3.67. The van der Waals surface area contributed by atoms with Crippen LogP contribution >= 0.6 is 15.9 Å². The highest BCUT2D eigenvalue weighted by molar-refractivity contribution is 9.10. The average molecular weight is 322 g/mol. The molecule has 0 spiro atoms. The Morgan fingerprint density at radius 3 is 2.61 bits per heavy atom. The van der Waals surface area contributed by atoms with Gasteiger partial charge in [-0.3, -0.25) is 4.57 Å². The van der Waals surface area contributed by atoms with Crippen molar-refractivity contribution in [1.29, 1.82) is 0 Å². The number of fused-ring (bicyclic) bond motifs is 1. The number of carbonyl (C=O) groups is 1. The van der Waals surface area contributed by atoms with Crippen molar-refractivity contribution < 1.29 is 22.7 Å². The molecule has 2 rings (SSSR count). The molecule has 7 heteroatoms. The van der Waals surface area contributed by atoms with Crippen LogP contribution in [0.3, 0.4) is 0 Å².